The number of carbonyl (C=O) groups is 1. The molecule has 0 bridgehead atoms. The van der Waals surface area contributed by atoms with Crippen molar-refractivity contribution in [2.75, 3.05) is 11.9 Å². The van der Waals surface area contributed by atoms with Gasteiger partial charge in [0.2, 0.25) is 5.71 Å². The number of anilines is 1. The molecule has 4 heterocycles. The third-order valence-corrected chi connectivity index (χ3v) is 6.31. The van der Waals surface area contributed by atoms with E-state index in [0.29, 0.717) is 34.9 Å². The second-order valence-electron chi connectivity index (χ2n) is 7.48. The van der Waals surface area contributed by atoms with E-state index in [1.165, 1.54) is 16.7 Å². The molecule has 6 nitrogen and oxygen atoms in total. The van der Waals surface area contributed by atoms with Crippen molar-refractivity contribution in [1.82, 2.24) is 14.9 Å². The maximum Gasteiger partial charge on any atom is 0.258 e. The molecule has 7 heteroatoms. The molecular weight excluding hydrogens is 348 g/mol. The summed E-state index contributed by atoms with van der Waals surface area (Å²) in [5, 5.41) is 6.29. The molecule has 2 aliphatic rings. The zero-order chi connectivity index (χ0) is 17.9. The summed E-state index contributed by atoms with van der Waals surface area (Å²) in [4.78, 5) is 25.4. The van der Waals surface area contributed by atoms with Gasteiger partial charge in [0.05, 0.1) is 10.9 Å². The van der Waals surface area contributed by atoms with Gasteiger partial charge in [-0.15, -0.1) is 11.3 Å². The summed E-state index contributed by atoms with van der Waals surface area (Å²) in [5.74, 6) is 1.33. The van der Waals surface area contributed by atoms with Crippen LogP contribution < -0.4 is 5.32 Å². The summed E-state index contributed by atoms with van der Waals surface area (Å²) in [6.07, 6.45) is 4.65. The Balaban J connectivity index is 1.53. The number of aryl methyl sites for hydroxylation is 1. The first kappa shape index (κ1) is 15.8. The predicted octanol–water partition coefficient (Wildman–Crippen LogP) is 3.76. The smallest absolute Gasteiger partial charge is 0.258 e. The zero-order valence-electron chi connectivity index (χ0n) is 14.8. The van der Waals surface area contributed by atoms with Crippen LogP contribution in [0.15, 0.2) is 22.1 Å². The quantitative estimate of drug-likeness (QED) is 0.762. The molecule has 26 heavy (non-hydrogen) atoms. The van der Waals surface area contributed by atoms with Gasteiger partial charge in [0, 0.05) is 23.5 Å². The molecule has 1 amide bonds. The first-order valence-electron chi connectivity index (χ1n) is 8.91. The van der Waals surface area contributed by atoms with Gasteiger partial charge in [-0.05, 0) is 50.1 Å². The minimum absolute atomic E-state index is 0.0166. The van der Waals surface area contributed by atoms with Crippen LogP contribution in [-0.2, 0) is 13.0 Å². The van der Waals surface area contributed by atoms with Crippen LogP contribution in [0.4, 0.5) is 5.82 Å². The number of nitrogens with zero attached hydrogens (tertiary/aromatic N) is 3. The minimum Gasteiger partial charge on any atom is -0.445 e. The lowest BCUT2D eigenvalue weighted by Crippen LogP contribution is -2.35. The molecule has 3 aromatic rings. The Morgan fingerprint density at radius 1 is 1.38 bits per heavy atom. The lowest BCUT2D eigenvalue weighted by molar-refractivity contribution is 0.0737. The van der Waals surface area contributed by atoms with Gasteiger partial charge in [-0.1, -0.05) is 0 Å². The van der Waals surface area contributed by atoms with Crippen molar-refractivity contribution in [2.24, 2.45) is 0 Å². The van der Waals surface area contributed by atoms with E-state index in [-0.39, 0.29) is 11.4 Å². The largest absolute Gasteiger partial charge is 0.445 e. The van der Waals surface area contributed by atoms with Crippen LogP contribution in [0, 0.1) is 6.92 Å². The highest BCUT2D eigenvalue weighted by Crippen LogP contribution is 2.40. The van der Waals surface area contributed by atoms with Crippen molar-refractivity contribution >= 4 is 34.2 Å². The lowest BCUT2D eigenvalue weighted by Gasteiger charge is -2.26. The fourth-order valence-corrected chi connectivity index (χ4v) is 4.38. The van der Waals surface area contributed by atoms with E-state index in [2.05, 4.69) is 33.7 Å². The molecule has 0 unspecified atom stereocenters. The van der Waals surface area contributed by atoms with Crippen molar-refractivity contribution < 1.29 is 9.21 Å². The summed E-state index contributed by atoms with van der Waals surface area (Å²) in [5.41, 5.74) is 2.33. The Kier molecular flexibility index (Phi) is 3.37. The van der Waals surface area contributed by atoms with Crippen molar-refractivity contribution in [3.63, 3.8) is 0 Å². The van der Waals surface area contributed by atoms with Gasteiger partial charge in [0.25, 0.3) is 5.91 Å². The molecular formula is C19H20N4O2S. The molecule has 1 aliphatic heterocycles. The fraction of sp³-hybridized carbons (Fsp3) is 0.421. The molecule has 0 radical (unpaired) electrons. The van der Waals surface area contributed by atoms with E-state index < -0.39 is 0 Å². The number of furan rings is 1. The number of hydrogen-bond donors (Lipinski definition) is 1. The van der Waals surface area contributed by atoms with Crippen LogP contribution in [0.2, 0.25) is 0 Å². The number of amides is 1. The molecule has 5 rings (SSSR count). The van der Waals surface area contributed by atoms with Crippen LogP contribution in [0.1, 0.15) is 46.4 Å². The van der Waals surface area contributed by atoms with E-state index in [1.54, 1.807) is 11.3 Å². The van der Waals surface area contributed by atoms with Gasteiger partial charge in [0.1, 0.15) is 17.9 Å². The third kappa shape index (κ3) is 2.58. The number of rotatable bonds is 3. The normalized spacial score (nSPS) is 18.0. The topological polar surface area (TPSA) is 71.3 Å². The van der Waals surface area contributed by atoms with Gasteiger partial charge in [-0.2, -0.15) is 4.98 Å². The number of hydrogen-bond acceptors (Lipinski definition) is 6. The monoisotopic (exact) mass is 368 g/mol. The van der Waals surface area contributed by atoms with Crippen molar-refractivity contribution in [3.8, 4) is 0 Å². The second kappa shape index (κ2) is 5.54. The van der Waals surface area contributed by atoms with Crippen LogP contribution >= 0.6 is 11.3 Å². The number of fused-ring (bicyclic) bond motifs is 2. The second-order valence-corrected chi connectivity index (χ2v) is 8.48. The summed E-state index contributed by atoms with van der Waals surface area (Å²) < 4.78 is 5.64. The van der Waals surface area contributed by atoms with Gasteiger partial charge in [-0.25, -0.2) is 4.98 Å². The van der Waals surface area contributed by atoms with E-state index >= 15 is 0 Å². The highest BCUT2D eigenvalue weighted by atomic mass is 32.1. The Bertz CT molecular complexity index is 1020. The number of aromatic nitrogens is 2. The fourth-order valence-electron chi connectivity index (χ4n) is 3.49. The molecule has 0 atom stereocenters. The Morgan fingerprint density at radius 3 is 3.04 bits per heavy atom. The maximum absolute atomic E-state index is 13.2. The average Bonchev–Trinajstić information content (AvgIpc) is 3.01. The Labute approximate surface area is 155 Å². The predicted molar refractivity (Wildman–Crippen MR) is 101 cm³/mol. The molecule has 134 valence electrons. The zero-order valence-corrected chi connectivity index (χ0v) is 15.7. The molecule has 1 N–H and O–H groups in total. The number of carbonyl (C=O) groups excluding carboxylic acids is 1. The van der Waals surface area contributed by atoms with Crippen molar-refractivity contribution in [1.29, 1.82) is 0 Å². The maximum atomic E-state index is 13.2. The Morgan fingerprint density at radius 2 is 2.23 bits per heavy atom. The van der Waals surface area contributed by atoms with Gasteiger partial charge in [0.15, 0.2) is 0 Å². The highest BCUT2D eigenvalue weighted by Gasteiger charge is 2.38. The average molecular weight is 368 g/mol. The summed E-state index contributed by atoms with van der Waals surface area (Å²) >= 11 is 1.77. The summed E-state index contributed by atoms with van der Waals surface area (Å²) in [7, 11) is 0. The van der Waals surface area contributed by atoms with E-state index in [0.717, 1.165) is 25.8 Å². The molecule has 0 spiro atoms. The van der Waals surface area contributed by atoms with Crippen LogP contribution in [0.3, 0.4) is 0 Å². The number of nitrogens with one attached hydrogen (secondary N) is 1. The molecule has 0 saturated heterocycles. The summed E-state index contributed by atoms with van der Waals surface area (Å²) in [6, 6.07) is 2.11. The SMILES string of the molecule is Cc1nc(NC2(C)CC2)c2c(C(=O)N3CCc4sccc4C3)coc2n1. The Hall–Kier alpha value is -2.41. The first-order chi connectivity index (χ1) is 12.5. The third-order valence-electron chi connectivity index (χ3n) is 5.29. The van der Waals surface area contributed by atoms with E-state index in [1.807, 2.05) is 11.8 Å². The van der Waals surface area contributed by atoms with E-state index in [9.17, 15) is 4.79 Å². The van der Waals surface area contributed by atoms with Crippen LogP contribution in [0.5, 0.6) is 0 Å². The van der Waals surface area contributed by atoms with Gasteiger partial charge in [-0.3, -0.25) is 4.79 Å². The first-order valence-corrected chi connectivity index (χ1v) is 9.79. The van der Waals surface area contributed by atoms with Crippen molar-refractivity contribution in [3.05, 3.63) is 39.5 Å². The molecule has 0 aromatic carbocycles. The van der Waals surface area contributed by atoms with Gasteiger partial charge < -0.3 is 14.6 Å². The molecule has 3 aromatic heterocycles. The highest BCUT2D eigenvalue weighted by molar-refractivity contribution is 7.10. The molecule has 1 saturated carbocycles. The number of thiophene rings is 1. The van der Waals surface area contributed by atoms with Gasteiger partial charge >= 0.3 is 0 Å². The summed E-state index contributed by atoms with van der Waals surface area (Å²) in [6.45, 7) is 5.39. The molecule has 1 fully saturated rings. The van der Waals surface area contributed by atoms with Crippen LogP contribution in [-0.4, -0.2) is 32.9 Å². The standard InChI is InChI=1S/C19H20N4O2S/c1-11-20-16(22-19(2)5-6-19)15-13(10-25-17(15)21-11)18(24)23-7-3-14-12(9-23)4-8-26-14/h4,8,10H,3,5-7,9H2,1-2H3,(H,20,21,22). The molecule has 1 aliphatic carbocycles. The lowest BCUT2D eigenvalue weighted by atomic mass is 10.1. The van der Waals surface area contributed by atoms with Crippen LogP contribution in [0.25, 0.3) is 11.1 Å². The van der Waals surface area contributed by atoms with Crippen molar-refractivity contribution in [2.45, 2.75) is 45.2 Å². The minimum atomic E-state index is -0.0166. The van der Waals surface area contributed by atoms with E-state index in [4.69, 9.17) is 4.42 Å².